The normalized spacial score (nSPS) is 19.8. The number of carbonyl (C=O) groups is 1. The molecule has 0 unspecified atom stereocenters. The first-order chi connectivity index (χ1) is 12.4. The van der Waals surface area contributed by atoms with E-state index in [-0.39, 0.29) is 12.5 Å². The van der Waals surface area contributed by atoms with Gasteiger partial charge in [-0.15, -0.1) is 0 Å². The Balaban J connectivity index is 1.61. The summed E-state index contributed by atoms with van der Waals surface area (Å²) < 4.78 is 13.3. The van der Waals surface area contributed by atoms with Crippen LogP contribution in [0.1, 0.15) is 23.6 Å². The van der Waals surface area contributed by atoms with Crippen LogP contribution in [0.3, 0.4) is 0 Å². The van der Waals surface area contributed by atoms with E-state index in [0.717, 1.165) is 23.6 Å². The largest absolute Gasteiger partial charge is 0.491 e. The number of benzene rings is 1. The van der Waals surface area contributed by atoms with Crippen LogP contribution in [0.5, 0.6) is 5.75 Å². The Labute approximate surface area is 153 Å². The topological polar surface area (TPSA) is 69.5 Å². The summed E-state index contributed by atoms with van der Waals surface area (Å²) in [4.78, 5) is 18.7. The number of carbonyl (C=O) groups excluding carboxylic acids is 1. The highest BCUT2D eigenvalue weighted by Crippen LogP contribution is 2.27. The summed E-state index contributed by atoms with van der Waals surface area (Å²) in [7, 11) is 1.68. The number of amides is 1. The number of methoxy groups -OCH3 is 1. The van der Waals surface area contributed by atoms with Gasteiger partial charge >= 0.3 is 0 Å². The van der Waals surface area contributed by atoms with E-state index < -0.39 is 5.60 Å². The van der Waals surface area contributed by atoms with Crippen molar-refractivity contribution in [3.63, 3.8) is 0 Å². The second-order valence-electron chi connectivity index (χ2n) is 6.92. The predicted molar refractivity (Wildman–Crippen MR) is 97.1 cm³/mol. The molecule has 0 N–H and O–H groups in total. The Morgan fingerprint density at radius 3 is 2.77 bits per heavy atom. The van der Waals surface area contributed by atoms with Crippen LogP contribution in [0.15, 0.2) is 24.3 Å². The summed E-state index contributed by atoms with van der Waals surface area (Å²) in [6.07, 6.45) is 0.746. The Kier molecular flexibility index (Phi) is 5.27. The molecule has 1 atom stereocenters. The predicted octanol–water partition coefficient (Wildman–Crippen LogP) is 1.90. The SMILES string of the molecule is CO[C@@]1(COc2cccc(C)c2)CCN(C(=O)Cn2nc(C)nc2C)C1. The minimum atomic E-state index is -0.479. The lowest BCUT2D eigenvalue weighted by molar-refractivity contribution is -0.132. The monoisotopic (exact) mass is 358 g/mol. The second kappa shape index (κ2) is 7.45. The zero-order valence-electron chi connectivity index (χ0n) is 15.9. The van der Waals surface area contributed by atoms with Crippen molar-refractivity contribution in [1.82, 2.24) is 19.7 Å². The molecule has 7 heteroatoms. The molecule has 1 aromatic carbocycles. The van der Waals surface area contributed by atoms with Crippen molar-refractivity contribution < 1.29 is 14.3 Å². The average molecular weight is 358 g/mol. The molecule has 1 saturated heterocycles. The molecule has 0 saturated carbocycles. The van der Waals surface area contributed by atoms with Gasteiger partial charge in [0.05, 0.1) is 6.54 Å². The molecule has 1 aliphatic heterocycles. The van der Waals surface area contributed by atoms with Crippen LogP contribution in [-0.2, 0) is 16.1 Å². The van der Waals surface area contributed by atoms with Gasteiger partial charge in [-0.3, -0.25) is 4.79 Å². The van der Waals surface area contributed by atoms with Gasteiger partial charge in [0.25, 0.3) is 0 Å². The number of ether oxygens (including phenoxy) is 2. The van der Waals surface area contributed by atoms with E-state index in [9.17, 15) is 4.79 Å². The van der Waals surface area contributed by atoms with Gasteiger partial charge < -0.3 is 14.4 Å². The van der Waals surface area contributed by atoms with Crippen LogP contribution in [0.25, 0.3) is 0 Å². The van der Waals surface area contributed by atoms with Crippen LogP contribution in [0, 0.1) is 20.8 Å². The molecule has 0 radical (unpaired) electrons. The molecule has 2 aromatic rings. The highest BCUT2D eigenvalue weighted by molar-refractivity contribution is 5.76. The standard InChI is InChI=1S/C19H26N4O3/c1-14-6-5-7-17(10-14)26-13-19(25-4)8-9-22(12-19)18(24)11-23-16(3)20-15(2)21-23/h5-7,10H,8-9,11-13H2,1-4H3/t19-/m0/s1. The smallest absolute Gasteiger partial charge is 0.244 e. The van der Waals surface area contributed by atoms with Crippen molar-refractivity contribution in [2.24, 2.45) is 0 Å². The minimum Gasteiger partial charge on any atom is -0.491 e. The van der Waals surface area contributed by atoms with Crippen molar-refractivity contribution in [1.29, 1.82) is 0 Å². The number of aryl methyl sites for hydroxylation is 3. The fourth-order valence-corrected chi connectivity index (χ4v) is 3.26. The van der Waals surface area contributed by atoms with E-state index in [0.29, 0.717) is 25.5 Å². The molecule has 0 spiro atoms. The van der Waals surface area contributed by atoms with Crippen LogP contribution < -0.4 is 4.74 Å². The van der Waals surface area contributed by atoms with Crippen LogP contribution in [-0.4, -0.2) is 58.0 Å². The first-order valence-electron chi connectivity index (χ1n) is 8.81. The van der Waals surface area contributed by atoms with E-state index in [1.807, 2.05) is 49.9 Å². The minimum absolute atomic E-state index is 0.0208. The fraction of sp³-hybridized carbons (Fsp3) is 0.526. The molecule has 3 rings (SSSR count). The third-order valence-electron chi connectivity index (χ3n) is 4.84. The van der Waals surface area contributed by atoms with E-state index in [4.69, 9.17) is 9.47 Å². The average Bonchev–Trinajstić information content (AvgIpc) is 3.17. The van der Waals surface area contributed by atoms with E-state index in [2.05, 4.69) is 10.1 Å². The lowest BCUT2D eigenvalue weighted by Crippen LogP contribution is -2.43. The van der Waals surface area contributed by atoms with Gasteiger partial charge in [0.15, 0.2) is 0 Å². The summed E-state index contributed by atoms with van der Waals surface area (Å²) in [5.74, 6) is 2.26. The summed E-state index contributed by atoms with van der Waals surface area (Å²) in [5, 5.41) is 4.26. The zero-order chi connectivity index (χ0) is 18.7. The first kappa shape index (κ1) is 18.4. The lowest BCUT2D eigenvalue weighted by atomic mass is 10.0. The van der Waals surface area contributed by atoms with Crippen LogP contribution in [0.2, 0.25) is 0 Å². The van der Waals surface area contributed by atoms with Gasteiger partial charge in [-0.2, -0.15) is 5.10 Å². The van der Waals surface area contributed by atoms with Gasteiger partial charge in [0.1, 0.15) is 36.2 Å². The Hall–Kier alpha value is -2.41. The molecule has 7 nitrogen and oxygen atoms in total. The zero-order valence-corrected chi connectivity index (χ0v) is 15.9. The van der Waals surface area contributed by atoms with Gasteiger partial charge in [-0.25, -0.2) is 9.67 Å². The molecule has 2 heterocycles. The summed E-state index contributed by atoms with van der Waals surface area (Å²) in [5.41, 5.74) is 0.669. The number of rotatable bonds is 6. The molecule has 26 heavy (non-hydrogen) atoms. The summed E-state index contributed by atoms with van der Waals surface area (Å²) in [6.45, 7) is 7.48. The molecular formula is C19H26N4O3. The van der Waals surface area contributed by atoms with Crippen molar-refractivity contribution >= 4 is 5.91 Å². The first-order valence-corrected chi connectivity index (χ1v) is 8.81. The van der Waals surface area contributed by atoms with Crippen LogP contribution >= 0.6 is 0 Å². The van der Waals surface area contributed by atoms with Gasteiger partial charge in [0.2, 0.25) is 5.91 Å². The summed E-state index contributed by atoms with van der Waals surface area (Å²) in [6, 6.07) is 7.93. The molecule has 0 aliphatic carbocycles. The number of aromatic nitrogens is 3. The van der Waals surface area contributed by atoms with Crippen LogP contribution in [0.4, 0.5) is 0 Å². The molecule has 1 aromatic heterocycles. The quantitative estimate of drug-likeness (QED) is 0.789. The molecule has 1 aliphatic rings. The highest BCUT2D eigenvalue weighted by atomic mass is 16.5. The van der Waals surface area contributed by atoms with Crippen molar-refractivity contribution in [2.75, 3.05) is 26.8 Å². The van der Waals surface area contributed by atoms with Crippen molar-refractivity contribution in [3.8, 4) is 5.75 Å². The molecule has 1 fully saturated rings. The van der Waals surface area contributed by atoms with Gasteiger partial charge in [-0.05, 0) is 44.9 Å². The third kappa shape index (κ3) is 4.04. The fourth-order valence-electron chi connectivity index (χ4n) is 3.26. The lowest BCUT2D eigenvalue weighted by Gasteiger charge is -2.28. The number of hydrogen-bond donors (Lipinski definition) is 0. The van der Waals surface area contributed by atoms with Crippen molar-refractivity contribution in [2.45, 2.75) is 39.3 Å². The maximum Gasteiger partial charge on any atom is 0.244 e. The van der Waals surface area contributed by atoms with Gasteiger partial charge in [0, 0.05) is 13.7 Å². The highest BCUT2D eigenvalue weighted by Gasteiger charge is 2.41. The molecule has 1 amide bonds. The van der Waals surface area contributed by atoms with E-state index in [1.54, 1.807) is 11.8 Å². The Bertz CT molecular complexity index is 789. The Morgan fingerprint density at radius 1 is 1.31 bits per heavy atom. The Morgan fingerprint density at radius 2 is 2.12 bits per heavy atom. The second-order valence-corrected chi connectivity index (χ2v) is 6.92. The molecular weight excluding hydrogens is 332 g/mol. The molecule has 140 valence electrons. The molecule has 0 bridgehead atoms. The number of likely N-dealkylation sites (tertiary alicyclic amines) is 1. The summed E-state index contributed by atoms with van der Waals surface area (Å²) >= 11 is 0. The van der Waals surface area contributed by atoms with Gasteiger partial charge in [-0.1, -0.05) is 12.1 Å². The van der Waals surface area contributed by atoms with E-state index in [1.165, 1.54) is 0 Å². The maximum atomic E-state index is 12.6. The van der Waals surface area contributed by atoms with E-state index >= 15 is 0 Å². The number of hydrogen-bond acceptors (Lipinski definition) is 5. The maximum absolute atomic E-state index is 12.6. The number of nitrogens with zero attached hydrogens (tertiary/aromatic N) is 4. The third-order valence-corrected chi connectivity index (χ3v) is 4.84. The van der Waals surface area contributed by atoms with Crippen molar-refractivity contribution in [3.05, 3.63) is 41.5 Å².